The standard InChI is InChI=1S/C21H24N2O4S/c1-21(2,3)27-20(25)17-14-8-15(26-11-16(14)28-18(17)22)19(24)23-9-12-6-4-5-7-13(12)10-23/h4-7,15H,8-11,22H2,1-3H3. The minimum atomic E-state index is -0.614. The highest BCUT2D eigenvalue weighted by Crippen LogP contribution is 2.37. The lowest BCUT2D eigenvalue weighted by Gasteiger charge is -2.27. The fourth-order valence-corrected chi connectivity index (χ4v) is 4.70. The van der Waals surface area contributed by atoms with E-state index in [1.807, 2.05) is 49.9 Å². The Morgan fingerprint density at radius 3 is 2.46 bits per heavy atom. The number of nitrogens with two attached hydrogens (primary N) is 1. The highest BCUT2D eigenvalue weighted by molar-refractivity contribution is 7.16. The predicted octanol–water partition coefficient (Wildman–Crippen LogP) is 3.27. The van der Waals surface area contributed by atoms with Crippen LogP contribution >= 0.6 is 11.3 Å². The van der Waals surface area contributed by atoms with Crippen LogP contribution in [0.25, 0.3) is 0 Å². The number of benzene rings is 1. The maximum absolute atomic E-state index is 13.1. The molecule has 148 valence electrons. The highest BCUT2D eigenvalue weighted by atomic mass is 32.1. The number of esters is 1. The Hall–Kier alpha value is -2.38. The van der Waals surface area contributed by atoms with Crippen molar-refractivity contribution < 1.29 is 19.1 Å². The summed E-state index contributed by atoms with van der Waals surface area (Å²) in [5, 5.41) is 0.421. The molecule has 0 saturated heterocycles. The number of ether oxygens (including phenoxy) is 2. The summed E-state index contributed by atoms with van der Waals surface area (Å²) in [7, 11) is 0. The van der Waals surface area contributed by atoms with Crippen LogP contribution in [-0.2, 0) is 40.4 Å². The van der Waals surface area contributed by atoms with Crippen LogP contribution in [0.1, 0.15) is 52.7 Å². The van der Waals surface area contributed by atoms with Gasteiger partial charge in [-0.2, -0.15) is 0 Å². The van der Waals surface area contributed by atoms with Gasteiger partial charge in [0.15, 0.2) is 0 Å². The van der Waals surface area contributed by atoms with Crippen molar-refractivity contribution in [1.29, 1.82) is 0 Å². The molecule has 1 unspecified atom stereocenters. The molecule has 0 radical (unpaired) electrons. The lowest BCUT2D eigenvalue weighted by Crippen LogP contribution is -2.40. The van der Waals surface area contributed by atoms with E-state index in [0.717, 1.165) is 10.4 Å². The second kappa shape index (κ2) is 6.90. The molecule has 7 heteroatoms. The van der Waals surface area contributed by atoms with Crippen LogP contribution < -0.4 is 5.73 Å². The largest absolute Gasteiger partial charge is 0.456 e. The van der Waals surface area contributed by atoms with Crippen LogP contribution in [0, 0.1) is 0 Å². The number of thiophene rings is 1. The van der Waals surface area contributed by atoms with Crippen molar-refractivity contribution in [2.24, 2.45) is 0 Å². The molecule has 2 aliphatic heterocycles. The molecule has 2 N–H and O–H groups in total. The monoisotopic (exact) mass is 400 g/mol. The van der Waals surface area contributed by atoms with Crippen LogP contribution in [0.4, 0.5) is 5.00 Å². The van der Waals surface area contributed by atoms with Gasteiger partial charge in [-0.3, -0.25) is 4.79 Å². The number of amides is 1. The van der Waals surface area contributed by atoms with Gasteiger partial charge in [0.2, 0.25) is 0 Å². The Kier molecular flexibility index (Phi) is 4.67. The minimum Gasteiger partial charge on any atom is -0.456 e. The summed E-state index contributed by atoms with van der Waals surface area (Å²) in [6.45, 7) is 6.92. The zero-order valence-electron chi connectivity index (χ0n) is 16.3. The van der Waals surface area contributed by atoms with Crippen LogP contribution in [-0.4, -0.2) is 28.5 Å². The van der Waals surface area contributed by atoms with E-state index in [2.05, 4.69) is 0 Å². The van der Waals surface area contributed by atoms with Crippen molar-refractivity contribution in [2.45, 2.75) is 58.6 Å². The number of carbonyl (C=O) groups is 2. The van der Waals surface area contributed by atoms with Gasteiger partial charge >= 0.3 is 5.97 Å². The van der Waals surface area contributed by atoms with Crippen LogP contribution in [0.15, 0.2) is 24.3 Å². The average molecular weight is 401 g/mol. The highest BCUT2D eigenvalue weighted by Gasteiger charge is 2.36. The van der Waals surface area contributed by atoms with Crippen molar-refractivity contribution in [3.63, 3.8) is 0 Å². The molecule has 0 fully saturated rings. The molecule has 1 aromatic carbocycles. The van der Waals surface area contributed by atoms with Crippen molar-refractivity contribution in [1.82, 2.24) is 4.90 Å². The first-order valence-electron chi connectivity index (χ1n) is 9.33. The van der Waals surface area contributed by atoms with E-state index < -0.39 is 17.7 Å². The van der Waals surface area contributed by atoms with Crippen LogP contribution in [0.3, 0.4) is 0 Å². The lowest BCUT2D eigenvalue weighted by molar-refractivity contribution is -0.146. The normalized spacial score (nSPS) is 18.5. The number of nitrogen functional groups attached to an aromatic ring is 1. The quantitative estimate of drug-likeness (QED) is 0.783. The molecule has 0 bridgehead atoms. The molecule has 0 aliphatic carbocycles. The van der Waals surface area contributed by atoms with E-state index in [0.29, 0.717) is 30.1 Å². The number of anilines is 1. The van der Waals surface area contributed by atoms with Gasteiger partial charge in [0.05, 0.1) is 12.2 Å². The SMILES string of the molecule is CC(C)(C)OC(=O)c1c(N)sc2c1CC(C(=O)N1Cc3ccccc3C1)OC2. The summed E-state index contributed by atoms with van der Waals surface area (Å²) in [4.78, 5) is 28.4. The Morgan fingerprint density at radius 1 is 1.21 bits per heavy atom. The van der Waals surface area contributed by atoms with Crippen molar-refractivity contribution >= 4 is 28.2 Å². The zero-order chi connectivity index (χ0) is 20.1. The molecule has 1 amide bonds. The Bertz CT molecular complexity index is 919. The van der Waals surface area contributed by atoms with Gasteiger partial charge in [-0.1, -0.05) is 24.3 Å². The summed E-state index contributed by atoms with van der Waals surface area (Å²) < 4.78 is 11.4. The predicted molar refractivity (Wildman–Crippen MR) is 107 cm³/mol. The van der Waals surface area contributed by atoms with E-state index in [9.17, 15) is 9.59 Å². The second-order valence-corrected chi connectivity index (χ2v) is 9.35. The molecule has 2 aromatic rings. The smallest absolute Gasteiger partial charge is 0.341 e. The maximum atomic E-state index is 13.1. The number of fused-ring (bicyclic) bond motifs is 2. The van der Waals surface area contributed by atoms with E-state index >= 15 is 0 Å². The lowest BCUT2D eigenvalue weighted by atomic mass is 10.00. The van der Waals surface area contributed by atoms with Crippen LogP contribution in [0.2, 0.25) is 0 Å². The minimum absolute atomic E-state index is 0.0539. The van der Waals surface area contributed by atoms with E-state index in [1.54, 1.807) is 0 Å². The fraction of sp³-hybridized carbons (Fsp3) is 0.429. The molecule has 6 nitrogen and oxygen atoms in total. The third-order valence-electron chi connectivity index (χ3n) is 4.95. The molecule has 2 aliphatic rings. The first kappa shape index (κ1) is 19.0. The third-order valence-corrected chi connectivity index (χ3v) is 5.99. The summed E-state index contributed by atoms with van der Waals surface area (Å²) in [5.41, 5.74) is 9.01. The summed E-state index contributed by atoms with van der Waals surface area (Å²) in [5.74, 6) is -0.495. The first-order chi connectivity index (χ1) is 13.2. The summed E-state index contributed by atoms with van der Waals surface area (Å²) in [6, 6.07) is 8.06. The molecule has 3 heterocycles. The molecule has 1 atom stereocenters. The number of carbonyl (C=O) groups excluding carboxylic acids is 2. The summed E-state index contributed by atoms with van der Waals surface area (Å²) >= 11 is 1.33. The van der Waals surface area contributed by atoms with Gasteiger partial charge < -0.3 is 20.1 Å². The first-order valence-corrected chi connectivity index (χ1v) is 10.1. The third kappa shape index (κ3) is 3.52. The molecule has 0 saturated carbocycles. The Balaban J connectivity index is 1.53. The summed E-state index contributed by atoms with van der Waals surface area (Å²) in [6.07, 6.45) is -0.277. The topological polar surface area (TPSA) is 81.9 Å². The van der Waals surface area contributed by atoms with Gasteiger partial charge in [0, 0.05) is 24.4 Å². The van der Waals surface area contributed by atoms with Crippen molar-refractivity contribution in [3.8, 4) is 0 Å². The second-order valence-electron chi connectivity index (χ2n) is 8.21. The maximum Gasteiger partial charge on any atom is 0.341 e. The average Bonchev–Trinajstić information content (AvgIpc) is 3.18. The number of hydrogen-bond acceptors (Lipinski definition) is 6. The van der Waals surface area contributed by atoms with Gasteiger partial charge in [-0.25, -0.2) is 4.79 Å². The molecule has 1 aromatic heterocycles. The van der Waals surface area contributed by atoms with Gasteiger partial charge in [-0.05, 0) is 37.5 Å². The molecular weight excluding hydrogens is 376 g/mol. The van der Waals surface area contributed by atoms with Gasteiger partial charge in [-0.15, -0.1) is 11.3 Å². The van der Waals surface area contributed by atoms with E-state index in [1.165, 1.54) is 22.5 Å². The number of rotatable bonds is 2. The Labute approximate surface area is 168 Å². The fourth-order valence-electron chi connectivity index (χ4n) is 3.69. The van der Waals surface area contributed by atoms with E-state index in [-0.39, 0.29) is 12.5 Å². The van der Waals surface area contributed by atoms with Gasteiger partial charge in [0.25, 0.3) is 5.91 Å². The number of nitrogens with zero attached hydrogens (tertiary/aromatic N) is 1. The van der Waals surface area contributed by atoms with E-state index in [4.69, 9.17) is 15.2 Å². The zero-order valence-corrected chi connectivity index (χ0v) is 17.1. The Morgan fingerprint density at radius 2 is 1.86 bits per heavy atom. The molecule has 0 spiro atoms. The van der Waals surface area contributed by atoms with Crippen molar-refractivity contribution in [3.05, 3.63) is 51.4 Å². The van der Waals surface area contributed by atoms with Gasteiger partial charge in [0.1, 0.15) is 16.7 Å². The molecule has 4 rings (SSSR count). The van der Waals surface area contributed by atoms with Crippen molar-refractivity contribution in [2.75, 3.05) is 5.73 Å². The molecule has 28 heavy (non-hydrogen) atoms. The number of hydrogen-bond donors (Lipinski definition) is 1. The van der Waals surface area contributed by atoms with Crippen LogP contribution in [0.5, 0.6) is 0 Å². The molecular formula is C21H24N2O4S.